The van der Waals surface area contributed by atoms with E-state index in [4.69, 9.17) is 9.47 Å². The molecule has 7 nitrogen and oxygen atoms in total. The summed E-state index contributed by atoms with van der Waals surface area (Å²) in [7, 11) is 0. The number of amides is 1. The van der Waals surface area contributed by atoms with Gasteiger partial charge >= 0.3 is 0 Å². The fraction of sp³-hybridized carbons (Fsp3) is 0.267. The number of hydrogen-bond donors (Lipinski definition) is 1. The Bertz CT molecular complexity index is 1330. The summed E-state index contributed by atoms with van der Waals surface area (Å²) < 4.78 is 12.4. The molecule has 5 rings (SSSR count). The molecule has 0 spiro atoms. The number of fused-ring (bicyclic) bond motifs is 1. The molecule has 2 heterocycles. The molecule has 1 fully saturated rings. The quantitative estimate of drug-likeness (QED) is 0.375. The van der Waals surface area contributed by atoms with Crippen molar-refractivity contribution in [3.63, 3.8) is 0 Å². The highest BCUT2D eigenvalue weighted by molar-refractivity contribution is 5.83. The first-order chi connectivity index (χ1) is 18.2. The van der Waals surface area contributed by atoms with Crippen molar-refractivity contribution in [2.75, 3.05) is 31.1 Å². The van der Waals surface area contributed by atoms with E-state index in [1.807, 2.05) is 18.2 Å². The van der Waals surface area contributed by atoms with Gasteiger partial charge in [0.1, 0.15) is 24.3 Å². The monoisotopic (exact) mass is 496 g/mol. The van der Waals surface area contributed by atoms with Crippen LogP contribution in [0.5, 0.6) is 5.75 Å². The van der Waals surface area contributed by atoms with E-state index >= 15 is 0 Å². The Hall–Kier alpha value is -3.94. The second-order valence-corrected chi connectivity index (χ2v) is 9.16. The molecule has 4 aromatic rings. The summed E-state index contributed by atoms with van der Waals surface area (Å²) in [4.78, 5) is 16.7. The van der Waals surface area contributed by atoms with Gasteiger partial charge in [0.05, 0.1) is 19.3 Å². The van der Waals surface area contributed by atoms with E-state index in [0.29, 0.717) is 18.2 Å². The number of aromatic nitrogens is 1. The first kappa shape index (κ1) is 24.7. The van der Waals surface area contributed by atoms with Crippen molar-refractivity contribution in [1.82, 2.24) is 10.3 Å². The molecule has 2 atom stereocenters. The maximum atomic E-state index is 11.6. The van der Waals surface area contributed by atoms with Gasteiger partial charge in [-0.2, -0.15) is 0 Å². The van der Waals surface area contributed by atoms with Crippen LogP contribution >= 0.6 is 0 Å². The molecule has 0 saturated carbocycles. The number of nitrogens with one attached hydrogen (secondary N) is 1. The Morgan fingerprint density at radius 2 is 1.86 bits per heavy atom. The SMILES string of the molecule is O=C([O-])N(CCOc1cccc(C2CCNCC2OCc2ccc3ccccc3c2)c1)c1ccccn1. The summed E-state index contributed by atoms with van der Waals surface area (Å²) in [5, 5.41) is 17.5. The minimum atomic E-state index is -1.31. The molecule has 1 aliphatic heterocycles. The lowest BCUT2D eigenvalue weighted by molar-refractivity contribution is -0.246. The van der Waals surface area contributed by atoms with Gasteiger partial charge in [-0.3, -0.25) is 0 Å². The molecule has 7 heteroatoms. The average molecular weight is 497 g/mol. The highest BCUT2D eigenvalue weighted by Gasteiger charge is 2.27. The lowest BCUT2D eigenvalue weighted by Crippen LogP contribution is -2.44. The van der Waals surface area contributed by atoms with Crippen LogP contribution in [-0.2, 0) is 11.3 Å². The van der Waals surface area contributed by atoms with Crippen LogP contribution in [0.1, 0.15) is 23.5 Å². The second-order valence-electron chi connectivity index (χ2n) is 9.16. The summed E-state index contributed by atoms with van der Waals surface area (Å²) in [6.45, 7) is 2.57. The lowest BCUT2D eigenvalue weighted by Gasteiger charge is -2.32. The van der Waals surface area contributed by atoms with Crippen LogP contribution in [0.15, 0.2) is 91.1 Å². The van der Waals surface area contributed by atoms with Gasteiger partial charge in [0.2, 0.25) is 0 Å². The van der Waals surface area contributed by atoms with Crippen molar-refractivity contribution in [2.45, 2.75) is 25.0 Å². The van der Waals surface area contributed by atoms with Gasteiger partial charge in [-0.05, 0) is 65.2 Å². The third kappa shape index (κ3) is 6.25. The van der Waals surface area contributed by atoms with E-state index in [0.717, 1.165) is 35.5 Å². The molecule has 1 aromatic heterocycles. The van der Waals surface area contributed by atoms with Crippen LogP contribution in [0.3, 0.4) is 0 Å². The van der Waals surface area contributed by atoms with Gasteiger partial charge in [-0.15, -0.1) is 0 Å². The van der Waals surface area contributed by atoms with Crippen molar-refractivity contribution < 1.29 is 19.4 Å². The molecule has 1 aliphatic rings. The average Bonchev–Trinajstić information content (AvgIpc) is 2.95. The minimum absolute atomic E-state index is 0.0354. The second kappa shape index (κ2) is 11.9. The Labute approximate surface area is 216 Å². The summed E-state index contributed by atoms with van der Waals surface area (Å²) in [6.07, 6.45) is 1.24. The number of benzene rings is 3. The highest BCUT2D eigenvalue weighted by Crippen LogP contribution is 2.31. The highest BCUT2D eigenvalue weighted by atomic mass is 16.5. The number of anilines is 1. The van der Waals surface area contributed by atoms with Crippen molar-refractivity contribution in [2.24, 2.45) is 0 Å². The van der Waals surface area contributed by atoms with E-state index < -0.39 is 6.09 Å². The number of hydrogen-bond acceptors (Lipinski definition) is 6. The van der Waals surface area contributed by atoms with Crippen molar-refractivity contribution in [1.29, 1.82) is 0 Å². The van der Waals surface area contributed by atoms with Gasteiger partial charge in [0.25, 0.3) is 0 Å². The predicted molar refractivity (Wildman–Crippen MR) is 142 cm³/mol. The van der Waals surface area contributed by atoms with Crippen LogP contribution in [0.2, 0.25) is 0 Å². The Morgan fingerprint density at radius 1 is 1.00 bits per heavy atom. The van der Waals surface area contributed by atoms with E-state index in [1.54, 1.807) is 24.4 Å². The van der Waals surface area contributed by atoms with Crippen molar-refractivity contribution in [3.05, 3.63) is 102 Å². The molecule has 1 saturated heterocycles. The predicted octanol–water partition coefficient (Wildman–Crippen LogP) is 4.13. The molecule has 1 amide bonds. The Kier molecular flexibility index (Phi) is 7.93. The number of pyridine rings is 1. The summed E-state index contributed by atoms with van der Waals surface area (Å²) in [6, 6.07) is 27.9. The third-order valence-electron chi connectivity index (χ3n) is 6.72. The Balaban J connectivity index is 1.21. The zero-order valence-electron chi connectivity index (χ0n) is 20.6. The number of rotatable bonds is 9. The summed E-state index contributed by atoms with van der Waals surface area (Å²) >= 11 is 0. The smallest absolute Gasteiger partial charge is 0.142 e. The van der Waals surface area contributed by atoms with Crippen LogP contribution in [0, 0.1) is 0 Å². The fourth-order valence-corrected chi connectivity index (χ4v) is 4.82. The van der Waals surface area contributed by atoms with Gasteiger partial charge in [-0.25, -0.2) is 4.98 Å². The number of nitrogens with zero attached hydrogens (tertiary/aromatic N) is 2. The normalized spacial score (nSPS) is 17.4. The van der Waals surface area contributed by atoms with E-state index in [2.05, 4.69) is 58.8 Å². The molecule has 2 unspecified atom stereocenters. The van der Waals surface area contributed by atoms with E-state index in [1.165, 1.54) is 10.8 Å². The van der Waals surface area contributed by atoms with E-state index in [9.17, 15) is 9.90 Å². The Morgan fingerprint density at radius 3 is 2.70 bits per heavy atom. The molecular weight excluding hydrogens is 466 g/mol. The minimum Gasteiger partial charge on any atom is -0.530 e. The number of carbonyl (C=O) groups is 1. The molecule has 37 heavy (non-hydrogen) atoms. The number of carbonyl (C=O) groups excluding carboxylic acids is 1. The molecule has 0 radical (unpaired) electrons. The van der Waals surface area contributed by atoms with Crippen LogP contribution in [0.4, 0.5) is 10.6 Å². The number of piperidine rings is 1. The van der Waals surface area contributed by atoms with Gasteiger partial charge in [-0.1, -0.05) is 54.6 Å². The van der Waals surface area contributed by atoms with Gasteiger partial charge in [0.15, 0.2) is 0 Å². The molecule has 3 aromatic carbocycles. The number of carboxylic acid groups (broad SMARTS) is 1. The summed E-state index contributed by atoms with van der Waals surface area (Å²) in [5.41, 5.74) is 2.31. The number of ether oxygens (including phenoxy) is 2. The maximum absolute atomic E-state index is 11.6. The van der Waals surface area contributed by atoms with Crippen LogP contribution in [0.25, 0.3) is 10.8 Å². The summed E-state index contributed by atoms with van der Waals surface area (Å²) in [5.74, 6) is 1.25. The lowest BCUT2D eigenvalue weighted by atomic mass is 9.87. The van der Waals surface area contributed by atoms with Gasteiger partial charge < -0.3 is 29.6 Å². The molecular formula is C30H30N3O4-. The standard InChI is InChI=1S/C30H31N3O4/c34-30(35)33(29-10-3-4-14-32-29)16-17-36-26-9-5-8-25(19-26)27-13-15-31-20-28(27)37-21-22-11-12-23-6-1-2-7-24(23)18-22/h1-12,14,18-19,27-28,31H,13,15-17,20-21H2,(H,34,35)/p-1. The van der Waals surface area contributed by atoms with Crippen molar-refractivity contribution >= 4 is 22.7 Å². The molecule has 1 N–H and O–H groups in total. The third-order valence-corrected chi connectivity index (χ3v) is 6.72. The zero-order valence-corrected chi connectivity index (χ0v) is 20.6. The van der Waals surface area contributed by atoms with E-state index in [-0.39, 0.29) is 25.2 Å². The largest absolute Gasteiger partial charge is 0.530 e. The maximum Gasteiger partial charge on any atom is 0.142 e. The molecule has 0 bridgehead atoms. The first-order valence-electron chi connectivity index (χ1n) is 12.6. The zero-order chi connectivity index (χ0) is 25.5. The molecule has 0 aliphatic carbocycles. The fourth-order valence-electron chi connectivity index (χ4n) is 4.82. The first-order valence-corrected chi connectivity index (χ1v) is 12.6. The van der Waals surface area contributed by atoms with Crippen LogP contribution in [-0.4, -0.2) is 43.4 Å². The van der Waals surface area contributed by atoms with Crippen LogP contribution < -0.4 is 20.1 Å². The van der Waals surface area contributed by atoms with Gasteiger partial charge in [0, 0.05) is 18.7 Å². The molecule has 190 valence electrons. The topological polar surface area (TPSA) is 86.8 Å². The van der Waals surface area contributed by atoms with Crippen molar-refractivity contribution in [3.8, 4) is 5.75 Å².